The number of aryl methyl sites for hydroxylation is 1. The van der Waals surface area contributed by atoms with Gasteiger partial charge in [0.2, 0.25) is 0 Å². The molecular weight excluding hydrogens is 208 g/mol. The van der Waals surface area contributed by atoms with Gasteiger partial charge in [0, 0.05) is 6.92 Å². The summed E-state index contributed by atoms with van der Waals surface area (Å²) in [6.45, 7) is 1.67. The lowest BCUT2D eigenvalue weighted by Crippen LogP contribution is -1.88. The molecule has 6 heteroatoms. The molecule has 1 heterocycles. The number of nitro benzene ring substituents is 1. The molecule has 0 saturated carbocycles. The van der Waals surface area contributed by atoms with Gasteiger partial charge in [0.15, 0.2) is 11.5 Å². The maximum atomic E-state index is 10.5. The average molecular weight is 213 g/mol. The number of hydrogen-bond acceptors (Lipinski definition) is 4. The second-order valence-corrected chi connectivity index (χ2v) is 3.17. The van der Waals surface area contributed by atoms with Crippen LogP contribution in [-0.2, 0) is 0 Å². The van der Waals surface area contributed by atoms with Crippen LogP contribution >= 0.6 is 11.6 Å². The molecular formula is C8H5ClN2O3. The van der Waals surface area contributed by atoms with Crippen molar-refractivity contribution < 1.29 is 9.34 Å². The van der Waals surface area contributed by atoms with Crippen molar-refractivity contribution in [3.8, 4) is 0 Å². The number of hydrogen-bond donors (Lipinski definition) is 0. The molecule has 0 N–H and O–H groups in total. The summed E-state index contributed by atoms with van der Waals surface area (Å²) < 4.78 is 5.14. The van der Waals surface area contributed by atoms with E-state index < -0.39 is 4.92 Å². The van der Waals surface area contributed by atoms with Crippen LogP contribution in [0.3, 0.4) is 0 Å². The van der Waals surface area contributed by atoms with Crippen molar-refractivity contribution in [3.63, 3.8) is 0 Å². The fraction of sp³-hybridized carbons (Fsp3) is 0.125. The Hall–Kier alpha value is -1.62. The zero-order chi connectivity index (χ0) is 10.3. The van der Waals surface area contributed by atoms with Crippen LogP contribution < -0.4 is 0 Å². The third kappa shape index (κ3) is 1.31. The van der Waals surface area contributed by atoms with Crippen molar-refractivity contribution in [2.24, 2.45) is 0 Å². The van der Waals surface area contributed by atoms with Gasteiger partial charge in [-0.1, -0.05) is 11.6 Å². The van der Waals surface area contributed by atoms with E-state index in [9.17, 15) is 10.1 Å². The Morgan fingerprint density at radius 1 is 1.57 bits per heavy atom. The van der Waals surface area contributed by atoms with Crippen molar-refractivity contribution in [1.82, 2.24) is 4.98 Å². The molecule has 2 rings (SSSR count). The number of nitrogens with zero attached hydrogens (tertiary/aromatic N) is 2. The first-order chi connectivity index (χ1) is 6.58. The molecule has 0 bridgehead atoms. The number of oxazole rings is 1. The molecule has 2 aromatic rings. The van der Waals surface area contributed by atoms with E-state index in [0.29, 0.717) is 17.0 Å². The van der Waals surface area contributed by atoms with Gasteiger partial charge in [-0.05, 0) is 6.07 Å². The summed E-state index contributed by atoms with van der Waals surface area (Å²) in [6, 6.07) is 2.70. The lowest BCUT2D eigenvalue weighted by molar-refractivity contribution is -0.384. The normalized spacial score (nSPS) is 10.7. The summed E-state index contributed by atoms with van der Waals surface area (Å²) >= 11 is 5.68. The van der Waals surface area contributed by atoms with Crippen LogP contribution in [-0.4, -0.2) is 9.91 Å². The number of halogens is 1. The molecule has 0 radical (unpaired) electrons. The second kappa shape index (κ2) is 2.95. The first kappa shape index (κ1) is 8.96. The Morgan fingerprint density at radius 3 is 2.93 bits per heavy atom. The van der Waals surface area contributed by atoms with Crippen LogP contribution in [0.15, 0.2) is 16.5 Å². The molecule has 0 spiro atoms. The van der Waals surface area contributed by atoms with Crippen molar-refractivity contribution in [1.29, 1.82) is 0 Å². The molecule has 0 aliphatic carbocycles. The van der Waals surface area contributed by atoms with E-state index in [0.717, 1.165) is 0 Å². The summed E-state index contributed by atoms with van der Waals surface area (Å²) in [5, 5.41) is 10.6. The van der Waals surface area contributed by atoms with Gasteiger partial charge in [0.1, 0.15) is 10.5 Å². The molecule has 0 fully saturated rings. The average Bonchev–Trinajstić information content (AvgIpc) is 2.42. The maximum Gasteiger partial charge on any atom is 0.291 e. The van der Waals surface area contributed by atoms with Crippen LogP contribution in [0.1, 0.15) is 5.89 Å². The lowest BCUT2D eigenvalue weighted by atomic mass is 10.3. The van der Waals surface area contributed by atoms with Gasteiger partial charge in [-0.2, -0.15) is 0 Å². The van der Waals surface area contributed by atoms with Gasteiger partial charge < -0.3 is 4.42 Å². The fourth-order valence-corrected chi connectivity index (χ4v) is 1.42. The van der Waals surface area contributed by atoms with E-state index in [4.69, 9.17) is 16.0 Å². The molecule has 0 saturated heterocycles. The predicted octanol–water partition coefficient (Wildman–Crippen LogP) is 2.70. The van der Waals surface area contributed by atoms with Gasteiger partial charge in [-0.3, -0.25) is 10.1 Å². The zero-order valence-corrected chi connectivity index (χ0v) is 7.91. The molecule has 0 unspecified atom stereocenters. The minimum Gasteiger partial charge on any atom is -0.441 e. The molecule has 0 aliphatic heterocycles. The Kier molecular flexibility index (Phi) is 1.89. The summed E-state index contributed by atoms with van der Waals surface area (Å²) in [7, 11) is 0. The number of aromatic nitrogens is 1. The first-order valence-electron chi connectivity index (χ1n) is 3.79. The number of fused-ring (bicyclic) bond motifs is 1. The topological polar surface area (TPSA) is 69.2 Å². The lowest BCUT2D eigenvalue weighted by Gasteiger charge is -1.93. The molecule has 0 aliphatic rings. The van der Waals surface area contributed by atoms with Crippen molar-refractivity contribution in [3.05, 3.63) is 33.2 Å². The van der Waals surface area contributed by atoms with Gasteiger partial charge in [-0.15, -0.1) is 0 Å². The molecule has 14 heavy (non-hydrogen) atoms. The Morgan fingerprint density at radius 2 is 2.29 bits per heavy atom. The summed E-state index contributed by atoms with van der Waals surface area (Å²) in [4.78, 5) is 14.0. The highest BCUT2D eigenvalue weighted by Crippen LogP contribution is 2.29. The first-order valence-corrected chi connectivity index (χ1v) is 4.17. The SMILES string of the molecule is Cc1nc2cc(Cl)c([N+](=O)[O-])cc2o1. The van der Waals surface area contributed by atoms with Crippen molar-refractivity contribution >= 4 is 28.4 Å². The molecule has 72 valence electrons. The van der Waals surface area contributed by atoms with Crippen LogP contribution in [0.5, 0.6) is 0 Å². The second-order valence-electron chi connectivity index (χ2n) is 2.76. The summed E-state index contributed by atoms with van der Waals surface area (Å²) in [6.07, 6.45) is 0. The van der Waals surface area contributed by atoms with E-state index in [1.54, 1.807) is 6.92 Å². The fourth-order valence-electron chi connectivity index (χ4n) is 1.19. The third-order valence-electron chi connectivity index (χ3n) is 1.76. The zero-order valence-electron chi connectivity index (χ0n) is 7.15. The highest BCUT2D eigenvalue weighted by Gasteiger charge is 2.16. The standard InChI is InChI=1S/C8H5ClN2O3/c1-4-10-6-2-5(9)7(11(12)13)3-8(6)14-4/h2-3H,1H3. The van der Waals surface area contributed by atoms with Crippen LogP contribution in [0, 0.1) is 17.0 Å². The van der Waals surface area contributed by atoms with Crippen molar-refractivity contribution in [2.45, 2.75) is 6.92 Å². The van der Waals surface area contributed by atoms with Crippen LogP contribution in [0.4, 0.5) is 5.69 Å². The van der Waals surface area contributed by atoms with Crippen molar-refractivity contribution in [2.75, 3.05) is 0 Å². The van der Waals surface area contributed by atoms with E-state index in [2.05, 4.69) is 4.98 Å². The molecule has 1 aromatic carbocycles. The Labute approximate surface area is 83.4 Å². The quantitative estimate of drug-likeness (QED) is 0.538. The van der Waals surface area contributed by atoms with Gasteiger partial charge in [0.05, 0.1) is 11.0 Å². The van der Waals surface area contributed by atoms with E-state index in [1.165, 1.54) is 12.1 Å². The highest BCUT2D eigenvalue weighted by molar-refractivity contribution is 6.33. The maximum absolute atomic E-state index is 10.5. The summed E-state index contributed by atoms with van der Waals surface area (Å²) in [5.74, 6) is 0.455. The molecule has 0 amide bonds. The van der Waals surface area contributed by atoms with E-state index in [-0.39, 0.29) is 10.7 Å². The minimum absolute atomic E-state index is 0.0656. The minimum atomic E-state index is -0.556. The summed E-state index contributed by atoms with van der Waals surface area (Å²) in [5.41, 5.74) is 0.729. The van der Waals surface area contributed by atoms with Crippen LogP contribution in [0.25, 0.3) is 11.1 Å². The van der Waals surface area contributed by atoms with Gasteiger partial charge >= 0.3 is 0 Å². The number of nitro groups is 1. The van der Waals surface area contributed by atoms with E-state index in [1.807, 2.05) is 0 Å². The Bertz CT molecular complexity index is 521. The van der Waals surface area contributed by atoms with Gasteiger partial charge in [0.25, 0.3) is 5.69 Å². The largest absolute Gasteiger partial charge is 0.441 e. The smallest absolute Gasteiger partial charge is 0.291 e. The molecule has 5 nitrogen and oxygen atoms in total. The monoisotopic (exact) mass is 212 g/mol. The van der Waals surface area contributed by atoms with E-state index >= 15 is 0 Å². The van der Waals surface area contributed by atoms with Gasteiger partial charge in [-0.25, -0.2) is 4.98 Å². The highest BCUT2D eigenvalue weighted by atomic mass is 35.5. The van der Waals surface area contributed by atoms with Crippen LogP contribution in [0.2, 0.25) is 5.02 Å². The molecule has 1 aromatic heterocycles. The predicted molar refractivity (Wildman–Crippen MR) is 50.4 cm³/mol. The number of rotatable bonds is 1. The third-order valence-corrected chi connectivity index (χ3v) is 2.06. The molecule has 0 atom stereocenters. The Balaban J connectivity index is 2.76. The number of benzene rings is 1.